The molecule has 1 aromatic heterocycles. The molecule has 0 radical (unpaired) electrons. The van der Waals surface area contributed by atoms with E-state index in [1.807, 2.05) is 0 Å². The zero-order valence-corrected chi connectivity index (χ0v) is 16.4. The normalized spacial score (nSPS) is 19.8. The van der Waals surface area contributed by atoms with Crippen LogP contribution in [-0.2, 0) is 13.0 Å². The molecule has 138 valence electrons. The molecule has 4 nitrogen and oxygen atoms in total. The van der Waals surface area contributed by atoms with Crippen molar-refractivity contribution in [1.29, 1.82) is 0 Å². The van der Waals surface area contributed by atoms with E-state index in [9.17, 15) is 0 Å². The van der Waals surface area contributed by atoms with Crippen LogP contribution in [0.25, 0.3) is 0 Å². The minimum atomic E-state index is 0.0389. The molecule has 0 bridgehead atoms. The van der Waals surface area contributed by atoms with Gasteiger partial charge in [-0.2, -0.15) is 0 Å². The van der Waals surface area contributed by atoms with Crippen molar-refractivity contribution in [3.8, 4) is 0 Å². The first-order valence-electron chi connectivity index (χ1n) is 9.96. The van der Waals surface area contributed by atoms with Crippen molar-refractivity contribution in [2.75, 3.05) is 10.2 Å². The largest absolute Gasteiger partial charge is 0.367 e. The van der Waals surface area contributed by atoms with E-state index in [2.05, 4.69) is 68.2 Å². The molecule has 2 heterocycles. The van der Waals surface area contributed by atoms with Crippen molar-refractivity contribution in [3.05, 3.63) is 47.3 Å². The predicted molar refractivity (Wildman–Crippen MR) is 108 cm³/mol. The fraction of sp³-hybridized carbons (Fsp3) is 0.545. The molecule has 1 aromatic carbocycles. The standard InChI is InChI=1S/C22H30N4/c1-5-15(2)23-19-12-20(25-21(24-19)16-10-11-16)26-14-18-9-7-6-8-17(18)13-22(26,3)4/h6-9,12,15-16H,5,10-11,13-14H2,1-4H3,(H,23,24,25)/t15-/m0/s1. The van der Waals surface area contributed by atoms with E-state index in [4.69, 9.17) is 9.97 Å². The van der Waals surface area contributed by atoms with Crippen LogP contribution in [0.3, 0.4) is 0 Å². The fourth-order valence-corrected chi connectivity index (χ4v) is 3.76. The summed E-state index contributed by atoms with van der Waals surface area (Å²) in [5.41, 5.74) is 2.91. The smallest absolute Gasteiger partial charge is 0.136 e. The van der Waals surface area contributed by atoms with E-state index in [1.165, 1.54) is 24.0 Å². The van der Waals surface area contributed by atoms with E-state index in [-0.39, 0.29) is 5.54 Å². The summed E-state index contributed by atoms with van der Waals surface area (Å²) in [6.07, 6.45) is 4.57. The molecule has 1 aliphatic carbocycles. The Balaban J connectivity index is 1.71. The van der Waals surface area contributed by atoms with Gasteiger partial charge in [0.1, 0.15) is 17.5 Å². The lowest BCUT2D eigenvalue weighted by molar-refractivity contribution is 0.427. The molecule has 0 amide bonds. The Morgan fingerprint density at radius 1 is 1.19 bits per heavy atom. The molecule has 0 unspecified atom stereocenters. The summed E-state index contributed by atoms with van der Waals surface area (Å²) in [4.78, 5) is 12.3. The van der Waals surface area contributed by atoms with Crippen LogP contribution in [0.15, 0.2) is 30.3 Å². The number of anilines is 2. The second kappa shape index (κ2) is 6.57. The second-order valence-electron chi connectivity index (χ2n) is 8.54. The summed E-state index contributed by atoms with van der Waals surface area (Å²) in [5.74, 6) is 3.60. The quantitative estimate of drug-likeness (QED) is 0.832. The molecule has 0 saturated heterocycles. The Morgan fingerprint density at radius 2 is 1.92 bits per heavy atom. The first kappa shape index (κ1) is 17.3. The Morgan fingerprint density at radius 3 is 2.62 bits per heavy atom. The van der Waals surface area contributed by atoms with Crippen LogP contribution in [0, 0.1) is 0 Å². The topological polar surface area (TPSA) is 41.0 Å². The van der Waals surface area contributed by atoms with Crippen LogP contribution in [0.5, 0.6) is 0 Å². The Labute approximate surface area is 157 Å². The number of nitrogens with one attached hydrogen (secondary N) is 1. The van der Waals surface area contributed by atoms with Crippen LogP contribution in [0.1, 0.15) is 69.8 Å². The van der Waals surface area contributed by atoms with Crippen LogP contribution < -0.4 is 10.2 Å². The molecule has 1 aliphatic heterocycles. The maximum Gasteiger partial charge on any atom is 0.136 e. The third kappa shape index (κ3) is 3.42. The highest BCUT2D eigenvalue weighted by Crippen LogP contribution is 2.41. The fourth-order valence-electron chi connectivity index (χ4n) is 3.76. The lowest BCUT2D eigenvalue weighted by Crippen LogP contribution is -2.49. The molecule has 2 aromatic rings. The summed E-state index contributed by atoms with van der Waals surface area (Å²) in [6.45, 7) is 9.96. The van der Waals surface area contributed by atoms with E-state index < -0.39 is 0 Å². The Hall–Kier alpha value is -2.10. The lowest BCUT2D eigenvalue weighted by atomic mass is 9.85. The van der Waals surface area contributed by atoms with E-state index in [0.29, 0.717) is 12.0 Å². The molecule has 1 saturated carbocycles. The maximum absolute atomic E-state index is 5.00. The summed E-state index contributed by atoms with van der Waals surface area (Å²) < 4.78 is 0. The number of fused-ring (bicyclic) bond motifs is 1. The molecule has 1 atom stereocenters. The first-order valence-corrected chi connectivity index (χ1v) is 9.96. The highest BCUT2D eigenvalue weighted by Gasteiger charge is 2.35. The van der Waals surface area contributed by atoms with Gasteiger partial charge in [-0.3, -0.25) is 0 Å². The summed E-state index contributed by atoms with van der Waals surface area (Å²) in [5, 5.41) is 3.56. The summed E-state index contributed by atoms with van der Waals surface area (Å²) in [7, 11) is 0. The number of aromatic nitrogens is 2. The van der Waals surface area contributed by atoms with Gasteiger partial charge in [-0.25, -0.2) is 9.97 Å². The summed E-state index contributed by atoms with van der Waals surface area (Å²) in [6, 6.07) is 11.4. The SMILES string of the molecule is CC[C@H](C)Nc1cc(N2Cc3ccccc3CC2(C)C)nc(C2CC2)n1. The minimum absolute atomic E-state index is 0.0389. The average Bonchev–Trinajstić information content (AvgIpc) is 3.45. The van der Waals surface area contributed by atoms with Gasteiger partial charge in [-0.15, -0.1) is 0 Å². The average molecular weight is 351 g/mol. The van der Waals surface area contributed by atoms with Gasteiger partial charge in [0.05, 0.1) is 0 Å². The van der Waals surface area contributed by atoms with Crippen molar-refractivity contribution in [1.82, 2.24) is 9.97 Å². The van der Waals surface area contributed by atoms with Gasteiger partial charge in [-0.05, 0) is 57.6 Å². The second-order valence-corrected chi connectivity index (χ2v) is 8.54. The third-order valence-corrected chi connectivity index (χ3v) is 5.76. The van der Waals surface area contributed by atoms with Crippen molar-refractivity contribution < 1.29 is 0 Å². The number of rotatable bonds is 5. The Bertz CT molecular complexity index is 794. The van der Waals surface area contributed by atoms with Crippen molar-refractivity contribution in [2.45, 2.75) is 77.4 Å². The number of benzene rings is 1. The van der Waals surface area contributed by atoms with Gasteiger partial charge in [-0.1, -0.05) is 31.2 Å². The highest BCUT2D eigenvalue weighted by molar-refractivity contribution is 5.54. The molecule has 4 heteroatoms. The molecular formula is C22H30N4. The van der Waals surface area contributed by atoms with Gasteiger partial charge < -0.3 is 10.2 Å². The zero-order valence-electron chi connectivity index (χ0n) is 16.4. The monoisotopic (exact) mass is 350 g/mol. The predicted octanol–water partition coefficient (Wildman–Crippen LogP) is 4.91. The molecular weight excluding hydrogens is 320 g/mol. The number of hydrogen-bond acceptors (Lipinski definition) is 4. The number of nitrogens with zero attached hydrogens (tertiary/aromatic N) is 3. The summed E-state index contributed by atoms with van der Waals surface area (Å²) >= 11 is 0. The third-order valence-electron chi connectivity index (χ3n) is 5.76. The maximum atomic E-state index is 5.00. The van der Waals surface area contributed by atoms with Crippen LogP contribution in [0.2, 0.25) is 0 Å². The van der Waals surface area contributed by atoms with Crippen molar-refractivity contribution in [3.63, 3.8) is 0 Å². The number of hydrogen-bond donors (Lipinski definition) is 1. The molecule has 2 aliphatic rings. The van der Waals surface area contributed by atoms with Crippen LogP contribution in [0.4, 0.5) is 11.6 Å². The lowest BCUT2D eigenvalue weighted by Gasteiger charge is -2.44. The van der Waals surface area contributed by atoms with Crippen LogP contribution in [-0.4, -0.2) is 21.5 Å². The van der Waals surface area contributed by atoms with Crippen LogP contribution >= 0.6 is 0 Å². The molecule has 1 fully saturated rings. The van der Waals surface area contributed by atoms with E-state index in [0.717, 1.165) is 36.8 Å². The molecule has 1 N–H and O–H groups in total. The van der Waals surface area contributed by atoms with Gasteiger partial charge in [0.15, 0.2) is 0 Å². The van der Waals surface area contributed by atoms with Gasteiger partial charge >= 0.3 is 0 Å². The highest BCUT2D eigenvalue weighted by atomic mass is 15.3. The molecule has 0 spiro atoms. The first-order chi connectivity index (χ1) is 12.5. The molecule has 4 rings (SSSR count). The minimum Gasteiger partial charge on any atom is -0.367 e. The van der Waals surface area contributed by atoms with Gasteiger partial charge in [0.25, 0.3) is 0 Å². The van der Waals surface area contributed by atoms with Gasteiger partial charge in [0.2, 0.25) is 0 Å². The van der Waals surface area contributed by atoms with Gasteiger partial charge in [0, 0.05) is 30.1 Å². The Kier molecular flexibility index (Phi) is 4.37. The van der Waals surface area contributed by atoms with Crippen molar-refractivity contribution >= 4 is 11.6 Å². The van der Waals surface area contributed by atoms with E-state index in [1.54, 1.807) is 0 Å². The molecule has 26 heavy (non-hydrogen) atoms. The van der Waals surface area contributed by atoms with Crippen molar-refractivity contribution in [2.24, 2.45) is 0 Å². The zero-order chi connectivity index (χ0) is 18.3. The van der Waals surface area contributed by atoms with E-state index >= 15 is 0 Å².